The highest BCUT2D eigenvalue weighted by Gasteiger charge is 2.36. The molecule has 1 unspecified atom stereocenters. The molecule has 0 saturated heterocycles. The largest absolute Gasteiger partial charge is 0.481 e. The van der Waals surface area contributed by atoms with Crippen molar-refractivity contribution < 1.29 is 29.8 Å². The van der Waals surface area contributed by atoms with Gasteiger partial charge in [0.05, 0.1) is 0 Å². The van der Waals surface area contributed by atoms with Crippen molar-refractivity contribution in [2.24, 2.45) is 5.92 Å². The maximum absolute atomic E-state index is 10.3. The molecule has 0 aliphatic carbocycles. The van der Waals surface area contributed by atoms with Crippen molar-refractivity contribution in [1.82, 2.24) is 0 Å². The second kappa shape index (κ2) is 4.36. The molecule has 0 saturated carbocycles. The van der Waals surface area contributed by atoms with E-state index < -0.39 is 35.4 Å². The molecule has 74 valence electrons. The molecule has 0 aromatic rings. The predicted molar refractivity (Wildman–Crippen MR) is 36.6 cm³/mol. The zero-order chi connectivity index (χ0) is 10.6. The van der Waals surface area contributed by atoms with Gasteiger partial charge in [0.25, 0.3) is 0 Å². The molecule has 0 fully saturated rings. The van der Waals surface area contributed by atoms with E-state index in [0.29, 0.717) is 0 Å². The molecule has 2 atom stereocenters. The number of hydrogen-bond acceptors (Lipinski definition) is 5. The minimum absolute atomic E-state index is 0.995. The van der Waals surface area contributed by atoms with Gasteiger partial charge in [-0.15, -0.1) is 0 Å². The first kappa shape index (κ1) is 11.3. The average Bonchev–Trinajstić information content (AvgIpc) is 1.97. The molecule has 8 heteroatoms. The molecule has 3 N–H and O–H groups in total. The predicted octanol–water partition coefficient (Wildman–Crippen LogP) is -1.59. The Hall–Kier alpha value is -1.70. The van der Waals surface area contributed by atoms with Gasteiger partial charge in [-0.25, -0.2) is 4.79 Å². The van der Waals surface area contributed by atoms with E-state index in [2.05, 4.69) is 0 Å². The maximum Gasteiger partial charge on any atom is 0.333 e. The minimum Gasteiger partial charge on any atom is -0.481 e. The second-order valence-corrected chi connectivity index (χ2v) is 2.24. The van der Waals surface area contributed by atoms with Gasteiger partial charge in [0.2, 0.25) is 6.54 Å². The Kier molecular flexibility index (Phi) is 3.79. The average molecular weight is 193 g/mol. The summed E-state index contributed by atoms with van der Waals surface area (Å²) in [4.78, 5) is 29.2. The summed E-state index contributed by atoms with van der Waals surface area (Å²) in [5.41, 5.74) is 0. The van der Waals surface area contributed by atoms with Crippen LogP contribution in [-0.2, 0) is 9.59 Å². The molecule has 0 aliphatic rings. The fraction of sp³-hybridized carbons (Fsp3) is 0.600. The van der Waals surface area contributed by atoms with Crippen molar-refractivity contribution in [3.8, 4) is 0 Å². The third-order valence-corrected chi connectivity index (χ3v) is 1.30. The third kappa shape index (κ3) is 3.47. The summed E-state index contributed by atoms with van der Waals surface area (Å²) in [5.74, 6) is -5.44. The Morgan fingerprint density at radius 3 is 2.00 bits per heavy atom. The summed E-state index contributed by atoms with van der Waals surface area (Å²) in [6.07, 6.45) is -2.26. The zero-order valence-electron chi connectivity index (χ0n) is 6.28. The number of nitrogens with zero attached hydrogens (tertiary/aromatic N) is 1. The van der Waals surface area contributed by atoms with Gasteiger partial charge < -0.3 is 15.3 Å². The van der Waals surface area contributed by atoms with Gasteiger partial charge in [-0.05, 0) is 0 Å². The molecule has 0 bridgehead atoms. The number of carboxylic acids is 2. The first-order valence-corrected chi connectivity index (χ1v) is 3.11. The molecule has 0 aromatic heterocycles. The van der Waals surface area contributed by atoms with Gasteiger partial charge in [-0.2, -0.15) is 0 Å². The fourth-order valence-electron chi connectivity index (χ4n) is 0.646. The van der Waals surface area contributed by atoms with Crippen LogP contribution >= 0.6 is 0 Å². The standard InChI is InChI=1S/C5H7NO7/c7-3(5(10)11)2(4(8)9)1-6(12)13/h2-3,7H,1H2,(H,8,9)(H,10,11)/t2-,3?/m0/s1. The van der Waals surface area contributed by atoms with Gasteiger partial charge in [-0.1, -0.05) is 0 Å². The first-order valence-electron chi connectivity index (χ1n) is 3.11. The number of carboxylic acid groups (broad SMARTS) is 2. The lowest BCUT2D eigenvalue weighted by atomic mass is 10.0. The van der Waals surface area contributed by atoms with E-state index >= 15 is 0 Å². The lowest BCUT2D eigenvalue weighted by molar-refractivity contribution is -0.487. The number of hydrogen-bond donors (Lipinski definition) is 3. The van der Waals surface area contributed by atoms with Crippen molar-refractivity contribution in [2.45, 2.75) is 6.10 Å². The second-order valence-electron chi connectivity index (χ2n) is 2.24. The highest BCUT2D eigenvalue weighted by Crippen LogP contribution is 2.05. The summed E-state index contributed by atoms with van der Waals surface area (Å²) < 4.78 is 0. The molecular formula is C5H7NO7. The van der Waals surface area contributed by atoms with Gasteiger partial charge in [0.1, 0.15) is 0 Å². The van der Waals surface area contributed by atoms with Crippen LogP contribution in [0, 0.1) is 16.0 Å². The van der Waals surface area contributed by atoms with E-state index in [0.717, 1.165) is 0 Å². The summed E-state index contributed by atoms with van der Waals surface area (Å²) >= 11 is 0. The lowest BCUT2D eigenvalue weighted by Crippen LogP contribution is -2.39. The van der Waals surface area contributed by atoms with Crippen LogP contribution in [0.2, 0.25) is 0 Å². The summed E-state index contributed by atoms with van der Waals surface area (Å²) in [5, 5.41) is 35.1. The van der Waals surface area contributed by atoms with Crippen LogP contribution < -0.4 is 0 Å². The quantitative estimate of drug-likeness (QED) is 0.353. The monoisotopic (exact) mass is 193 g/mol. The molecule has 0 amide bonds. The third-order valence-electron chi connectivity index (χ3n) is 1.30. The first-order chi connectivity index (χ1) is 5.86. The number of nitro groups is 1. The van der Waals surface area contributed by atoms with Crippen LogP contribution in [0.15, 0.2) is 0 Å². The molecule has 0 spiro atoms. The van der Waals surface area contributed by atoms with Crippen LogP contribution in [-0.4, -0.2) is 44.8 Å². The van der Waals surface area contributed by atoms with E-state index in [4.69, 9.17) is 15.3 Å². The topological polar surface area (TPSA) is 138 Å². The van der Waals surface area contributed by atoms with Crippen LogP contribution in [0.4, 0.5) is 0 Å². The van der Waals surface area contributed by atoms with Crippen LogP contribution in [0.5, 0.6) is 0 Å². The molecule has 0 heterocycles. The lowest BCUT2D eigenvalue weighted by Gasteiger charge is -2.10. The zero-order valence-corrected chi connectivity index (χ0v) is 6.28. The molecule has 0 aromatic carbocycles. The number of rotatable bonds is 5. The molecule has 8 nitrogen and oxygen atoms in total. The van der Waals surface area contributed by atoms with Crippen molar-refractivity contribution in [2.75, 3.05) is 6.54 Å². The van der Waals surface area contributed by atoms with Crippen molar-refractivity contribution >= 4 is 11.9 Å². The Morgan fingerprint density at radius 1 is 1.31 bits per heavy atom. The highest BCUT2D eigenvalue weighted by atomic mass is 16.6. The van der Waals surface area contributed by atoms with Gasteiger partial charge in [0.15, 0.2) is 12.0 Å². The Balaban J connectivity index is 4.51. The Labute approximate surface area is 71.6 Å². The molecule has 13 heavy (non-hydrogen) atoms. The fourth-order valence-corrected chi connectivity index (χ4v) is 0.646. The highest BCUT2D eigenvalue weighted by molar-refractivity contribution is 5.81. The van der Waals surface area contributed by atoms with Gasteiger partial charge >= 0.3 is 11.9 Å². The normalized spacial score (nSPS) is 14.5. The molecule has 0 rings (SSSR count). The number of carbonyl (C=O) groups is 2. The van der Waals surface area contributed by atoms with E-state index in [1.54, 1.807) is 0 Å². The van der Waals surface area contributed by atoms with Crippen molar-refractivity contribution in [3.63, 3.8) is 0 Å². The number of aliphatic hydroxyl groups excluding tert-OH is 1. The summed E-state index contributed by atoms with van der Waals surface area (Å²) in [6, 6.07) is 0. The van der Waals surface area contributed by atoms with E-state index in [9.17, 15) is 19.7 Å². The molecule has 0 aliphatic heterocycles. The minimum atomic E-state index is -2.26. The smallest absolute Gasteiger partial charge is 0.333 e. The van der Waals surface area contributed by atoms with E-state index in [1.165, 1.54) is 0 Å². The van der Waals surface area contributed by atoms with Gasteiger partial charge in [0, 0.05) is 4.92 Å². The van der Waals surface area contributed by atoms with Crippen molar-refractivity contribution in [3.05, 3.63) is 10.1 Å². The summed E-state index contributed by atoms with van der Waals surface area (Å²) in [6.45, 7) is -1.12. The van der Waals surface area contributed by atoms with Crippen molar-refractivity contribution in [1.29, 1.82) is 0 Å². The number of aliphatic carboxylic acids is 2. The molecule has 0 radical (unpaired) electrons. The maximum atomic E-state index is 10.3. The van der Waals surface area contributed by atoms with Gasteiger partial charge in [-0.3, -0.25) is 14.9 Å². The molecular weight excluding hydrogens is 186 g/mol. The van der Waals surface area contributed by atoms with Crippen LogP contribution in [0.1, 0.15) is 0 Å². The van der Waals surface area contributed by atoms with E-state index in [-0.39, 0.29) is 0 Å². The number of aliphatic hydroxyl groups is 1. The Morgan fingerprint density at radius 2 is 1.77 bits per heavy atom. The van der Waals surface area contributed by atoms with Crippen LogP contribution in [0.3, 0.4) is 0 Å². The summed E-state index contributed by atoms with van der Waals surface area (Å²) in [7, 11) is 0. The van der Waals surface area contributed by atoms with Crippen LogP contribution in [0.25, 0.3) is 0 Å². The SMILES string of the molecule is O=C(O)C(O)[C@H](C[N+](=O)[O-])C(=O)O. The Bertz CT molecular complexity index is 237. The van der Waals surface area contributed by atoms with E-state index in [1.807, 2.05) is 0 Å².